The van der Waals surface area contributed by atoms with Gasteiger partial charge in [0, 0.05) is 30.0 Å². The van der Waals surface area contributed by atoms with E-state index < -0.39 is 6.04 Å². The number of carbonyl (C=O) groups is 2. The largest absolute Gasteiger partial charge is 0.372 e. The van der Waals surface area contributed by atoms with Gasteiger partial charge in [0.25, 0.3) is 5.91 Å². The lowest BCUT2D eigenvalue weighted by Gasteiger charge is -2.36. The number of carbonyl (C=O) groups excluding carboxylic acids is 2. The van der Waals surface area contributed by atoms with Gasteiger partial charge in [-0.3, -0.25) is 9.59 Å². The third-order valence-corrected chi connectivity index (χ3v) is 5.87. The molecule has 0 bridgehead atoms. The highest BCUT2D eigenvalue weighted by molar-refractivity contribution is 5.96. The van der Waals surface area contributed by atoms with Crippen LogP contribution in [0.3, 0.4) is 0 Å². The van der Waals surface area contributed by atoms with Crippen molar-refractivity contribution in [3.8, 4) is 0 Å². The van der Waals surface area contributed by atoms with Crippen LogP contribution in [0.4, 0.5) is 11.4 Å². The monoisotopic (exact) mass is 457 g/mol. The van der Waals surface area contributed by atoms with Crippen LogP contribution in [-0.4, -0.2) is 37.1 Å². The van der Waals surface area contributed by atoms with Crippen LogP contribution in [0.1, 0.15) is 42.2 Å². The minimum absolute atomic E-state index is 0.128. The van der Waals surface area contributed by atoms with E-state index in [4.69, 9.17) is 4.74 Å². The lowest BCUT2D eigenvalue weighted by molar-refractivity contribution is -0.116. The zero-order chi connectivity index (χ0) is 23.9. The van der Waals surface area contributed by atoms with Gasteiger partial charge in [-0.15, -0.1) is 0 Å². The third-order valence-electron chi connectivity index (χ3n) is 5.87. The van der Waals surface area contributed by atoms with Crippen LogP contribution in [0.2, 0.25) is 0 Å². The average molecular weight is 458 g/mol. The second kappa shape index (κ2) is 11.0. The first-order chi connectivity index (χ1) is 16.5. The van der Waals surface area contributed by atoms with Crippen LogP contribution in [0.25, 0.3) is 0 Å². The molecule has 0 spiro atoms. The SMILES string of the molecule is CC1CN(c2ccc(NC(=O)CC(NC(=O)c3ccccc3)c3ccccc3)cc2)CC(C)O1. The van der Waals surface area contributed by atoms with Crippen LogP contribution >= 0.6 is 0 Å². The molecule has 3 aromatic rings. The minimum Gasteiger partial charge on any atom is -0.372 e. The van der Waals surface area contributed by atoms with Crippen LogP contribution in [0.15, 0.2) is 84.9 Å². The van der Waals surface area contributed by atoms with Gasteiger partial charge in [0.15, 0.2) is 0 Å². The third kappa shape index (κ3) is 6.23. The van der Waals surface area contributed by atoms with E-state index in [2.05, 4.69) is 29.4 Å². The molecule has 4 rings (SSSR count). The zero-order valence-corrected chi connectivity index (χ0v) is 19.6. The summed E-state index contributed by atoms with van der Waals surface area (Å²) in [4.78, 5) is 27.9. The van der Waals surface area contributed by atoms with Gasteiger partial charge in [0.2, 0.25) is 5.91 Å². The van der Waals surface area contributed by atoms with Crippen LogP contribution in [0, 0.1) is 0 Å². The number of nitrogens with one attached hydrogen (secondary N) is 2. The maximum absolute atomic E-state index is 12.9. The van der Waals surface area contributed by atoms with Crippen molar-refractivity contribution in [2.75, 3.05) is 23.3 Å². The minimum atomic E-state index is -0.440. The van der Waals surface area contributed by atoms with E-state index in [9.17, 15) is 9.59 Å². The molecule has 3 unspecified atom stereocenters. The normalized spacial score (nSPS) is 18.7. The number of amides is 2. The highest BCUT2D eigenvalue weighted by atomic mass is 16.5. The predicted octanol–water partition coefficient (Wildman–Crippen LogP) is 4.80. The van der Waals surface area contributed by atoms with E-state index in [1.807, 2.05) is 72.8 Å². The lowest BCUT2D eigenvalue weighted by atomic mass is 10.0. The number of rotatable bonds is 7. The number of benzene rings is 3. The molecule has 1 heterocycles. The molecule has 2 amide bonds. The first-order valence-corrected chi connectivity index (χ1v) is 11.7. The fourth-order valence-electron chi connectivity index (χ4n) is 4.31. The summed E-state index contributed by atoms with van der Waals surface area (Å²) in [7, 11) is 0. The highest BCUT2D eigenvalue weighted by Crippen LogP contribution is 2.23. The van der Waals surface area contributed by atoms with E-state index in [1.54, 1.807) is 12.1 Å². The Balaban J connectivity index is 1.41. The van der Waals surface area contributed by atoms with Crippen molar-refractivity contribution < 1.29 is 14.3 Å². The Kier molecular flexibility index (Phi) is 7.60. The summed E-state index contributed by atoms with van der Waals surface area (Å²) in [5.74, 6) is -0.371. The van der Waals surface area contributed by atoms with Crippen LogP contribution in [0.5, 0.6) is 0 Å². The van der Waals surface area contributed by atoms with E-state index in [1.165, 1.54) is 0 Å². The summed E-state index contributed by atoms with van der Waals surface area (Å²) in [5, 5.41) is 5.98. The van der Waals surface area contributed by atoms with Gasteiger partial charge in [-0.2, -0.15) is 0 Å². The summed E-state index contributed by atoms with van der Waals surface area (Å²) in [6.45, 7) is 5.85. The molecule has 176 valence electrons. The number of hydrogen-bond acceptors (Lipinski definition) is 4. The van der Waals surface area contributed by atoms with Crippen molar-refractivity contribution in [2.24, 2.45) is 0 Å². The second-order valence-corrected chi connectivity index (χ2v) is 8.76. The molecule has 0 radical (unpaired) electrons. The van der Waals surface area contributed by atoms with Gasteiger partial charge >= 0.3 is 0 Å². The standard InChI is InChI=1S/C28H31N3O3/c1-20-18-31(19-21(2)34-20)25-15-13-24(14-16-25)29-27(32)17-26(22-9-5-3-6-10-22)30-28(33)23-11-7-4-8-12-23/h3-16,20-21,26H,17-19H2,1-2H3,(H,29,32)(H,30,33). The lowest BCUT2D eigenvalue weighted by Crippen LogP contribution is -2.45. The molecule has 0 aromatic heterocycles. The zero-order valence-electron chi connectivity index (χ0n) is 19.6. The summed E-state index contributed by atoms with van der Waals surface area (Å²) >= 11 is 0. The summed E-state index contributed by atoms with van der Waals surface area (Å²) < 4.78 is 5.81. The molecule has 3 atom stereocenters. The quantitative estimate of drug-likeness (QED) is 0.535. The summed E-state index contributed by atoms with van der Waals surface area (Å²) in [6.07, 6.45) is 0.497. The van der Waals surface area contributed by atoms with Gasteiger partial charge < -0.3 is 20.3 Å². The second-order valence-electron chi connectivity index (χ2n) is 8.76. The fourth-order valence-corrected chi connectivity index (χ4v) is 4.31. The average Bonchev–Trinajstić information content (AvgIpc) is 2.84. The van der Waals surface area contributed by atoms with E-state index in [0.717, 1.165) is 30.0 Å². The Morgan fingerprint density at radius 2 is 1.47 bits per heavy atom. The van der Waals surface area contributed by atoms with Gasteiger partial charge in [0.1, 0.15) is 0 Å². The maximum atomic E-state index is 12.9. The van der Waals surface area contributed by atoms with Crippen molar-refractivity contribution in [1.29, 1.82) is 0 Å². The Morgan fingerprint density at radius 3 is 2.09 bits per heavy atom. The Hall–Kier alpha value is -3.64. The van der Waals surface area contributed by atoms with Crippen molar-refractivity contribution in [1.82, 2.24) is 5.32 Å². The smallest absolute Gasteiger partial charge is 0.251 e. The number of anilines is 2. The predicted molar refractivity (Wildman–Crippen MR) is 135 cm³/mol. The van der Waals surface area contributed by atoms with Gasteiger partial charge in [0.05, 0.1) is 24.7 Å². The van der Waals surface area contributed by atoms with Crippen molar-refractivity contribution >= 4 is 23.2 Å². The first kappa shape index (κ1) is 23.5. The molecule has 1 fully saturated rings. The number of ether oxygens (including phenoxy) is 1. The van der Waals surface area contributed by atoms with Crippen molar-refractivity contribution in [3.63, 3.8) is 0 Å². The molecule has 3 aromatic carbocycles. The molecular weight excluding hydrogens is 426 g/mol. The van der Waals surface area contributed by atoms with Crippen LogP contribution in [-0.2, 0) is 9.53 Å². The maximum Gasteiger partial charge on any atom is 0.251 e. The fraction of sp³-hybridized carbons (Fsp3) is 0.286. The molecule has 34 heavy (non-hydrogen) atoms. The molecular formula is C28H31N3O3. The van der Waals surface area contributed by atoms with Gasteiger partial charge in [-0.25, -0.2) is 0 Å². The van der Waals surface area contributed by atoms with E-state index in [0.29, 0.717) is 5.56 Å². The number of hydrogen-bond donors (Lipinski definition) is 2. The van der Waals surface area contributed by atoms with Gasteiger partial charge in [-0.1, -0.05) is 48.5 Å². The van der Waals surface area contributed by atoms with Crippen molar-refractivity contribution in [3.05, 3.63) is 96.1 Å². The molecule has 6 nitrogen and oxygen atoms in total. The number of morpholine rings is 1. The molecule has 1 aliphatic rings. The molecule has 1 saturated heterocycles. The summed E-state index contributed by atoms with van der Waals surface area (Å²) in [5.41, 5.74) is 3.28. The molecule has 0 aliphatic carbocycles. The highest BCUT2D eigenvalue weighted by Gasteiger charge is 2.23. The number of nitrogens with zero attached hydrogens (tertiary/aromatic N) is 1. The van der Waals surface area contributed by atoms with Crippen molar-refractivity contribution in [2.45, 2.75) is 38.5 Å². The molecule has 2 N–H and O–H groups in total. The van der Waals surface area contributed by atoms with Gasteiger partial charge in [-0.05, 0) is 55.8 Å². The molecule has 6 heteroatoms. The first-order valence-electron chi connectivity index (χ1n) is 11.7. The molecule has 1 aliphatic heterocycles. The molecule has 0 saturated carbocycles. The Labute approximate surface area is 200 Å². The topological polar surface area (TPSA) is 70.7 Å². The Bertz CT molecular complexity index is 1080. The Morgan fingerprint density at radius 1 is 0.882 bits per heavy atom. The van der Waals surface area contributed by atoms with Crippen LogP contribution < -0.4 is 15.5 Å². The summed E-state index contributed by atoms with van der Waals surface area (Å²) in [6, 6.07) is 26.0. The van der Waals surface area contributed by atoms with E-state index in [-0.39, 0.29) is 30.4 Å². The van der Waals surface area contributed by atoms with E-state index >= 15 is 0 Å².